The summed E-state index contributed by atoms with van der Waals surface area (Å²) in [6.45, 7) is 8.15. The first kappa shape index (κ1) is 103. The fourth-order valence-electron chi connectivity index (χ4n) is 10.9. The fourth-order valence-corrected chi connectivity index (χ4v) is 12.4. The Morgan fingerprint density at radius 1 is 0.400 bits per heavy atom. The van der Waals surface area contributed by atoms with Crippen LogP contribution in [-0.4, -0.2) is 152 Å². The van der Waals surface area contributed by atoms with E-state index in [1.807, 2.05) is 0 Å². The minimum absolute atomic E-state index is 0. The van der Waals surface area contributed by atoms with Crippen molar-refractivity contribution in [3.63, 3.8) is 0 Å². The monoisotopic (exact) mass is 1490 g/mol. The van der Waals surface area contributed by atoms with Gasteiger partial charge < -0.3 is 58.3 Å². The molecule has 4 amide bonds. The van der Waals surface area contributed by atoms with E-state index in [9.17, 15) is 57.9 Å². The number of aliphatic hydroxyl groups is 2. The molecule has 7 atom stereocenters. The average molecular weight is 1490 g/mol. The second kappa shape index (κ2) is 73.3. The molecule has 0 saturated carbocycles. The maximum Gasteiger partial charge on any atom is 1.00 e. The number of esters is 1. The normalized spacial score (nSPS) is 14.2. The van der Waals surface area contributed by atoms with Gasteiger partial charge in [-0.2, -0.15) is 0 Å². The Kier molecular flexibility index (Phi) is 75.5. The van der Waals surface area contributed by atoms with Crippen molar-refractivity contribution in [2.24, 2.45) is 0 Å². The van der Waals surface area contributed by atoms with Crippen LogP contribution in [-0.2, 0) is 70.2 Å². The van der Waals surface area contributed by atoms with Crippen LogP contribution in [0.4, 0.5) is 0 Å². The molecule has 27 heteroatoms. The van der Waals surface area contributed by atoms with Gasteiger partial charge in [0.05, 0.1) is 76.8 Å². The first-order valence-electron chi connectivity index (χ1n) is 38.5. The molecular formula is C73H142N4Na2O19P2. The molecule has 0 spiro atoms. The van der Waals surface area contributed by atoms with E-state index in [-0.39, 0.29) is 139 Å². The summed E-state index contributed by atoms with van der Waals surface area (Å²) in [7, 11) is -9.57. The molecule has 0 rings (SSSR count). The number of amides is 4. The Balaban J connectivity index is -0.00000784. The molecule has 0 aliphatic heterocycles. The molecule has 0 aromatic carbocycles. The van der Waals surface area contributed by atoms with E-state index < -0.39 is 103 Å². The number of ketones is 1. The number of Topliss-reactive ketones (excluding diaryl/α,β-unsaturated/α-hetero) is 1. The van der Waals surface area contributed by atoms with E-state index >= 15 is 0 Å². The van der Waals surface area contributed by atoms with E-state index in [0.717, 1.165) is 128 Å². The predicted molar refractivity (Wildman–Crippen MR) is 389 cm³/mol. The van der Waals surface area contributed by atoms with Gasteiger partial charge in [0, 0.05) is 39.1 Å². The van der Waals surface area contributed by atoms with Gasteiger partial charge in [-0.15, -0.1) is 0 Å². The van der Waals surface area contributed by atoms with Gasteiger partial charge in [0.25, 0.3) is 0 Å². The standard InChI is InChI=1S/C73H140N4O19P2.2Na.2H/c1-6-11-16-21-24-27-30-35-40-45-67(80)56-71(83)76-63(59-90-52-48-65(78)43-38-33-19-14-9-4)61-94-97(86,87)92-54-50-74-69(81)58-70(82)75-51-55-93-98(88,89)95-62-64(60-91-53-49-66(79)44-39-34-20-15-10-5)77-72(84)57-68(46-41-36-31-28-25-22-17-12-7-2)96-73(85)47-42-37-32-29-26-23-18-13-8-3;;;;/h29,32,63-66,68,78-79H,6-28,30-31,33-62H2,1-5H3,(H,74,81)(H,75,82)(H,76,83)(H,77,84)(H,86,87)(H,88,89);;;;/q;2*+1;2*-1/b32-29+;;;;/t63?,64?,65-,66-,68-;;;;/m1..../s1. The van der Waals surface area contributed by atoms with Crippen molar-refractivity contribution in [2.45, 2.75) is 354 Å². The first-order chi connectivity index (χ1) is 47.3. The van der Waals surface area contributed by atoms with Crippen LogP contribution in [0.3, 0.4) is 0 Å². The molecule has 0 heterocycles. The fraction of sp³-hybridized carbons (Fsp3) is 0.890. The van der Waals surface area contributed by atoms with Crippen molar-refractivity contribution in [2.75, 3.05) is 65.9 Å². The topological polar surface area (TPSA) is 330 Å². The molecule has 0 aromatic rings. The number of phosphoric acid groups is 2. The molecule has 0 radical (unpaired) electrons. The number of hydrogen-bond acceptors (Lipinski definition) is 17. The van der Waals surface area contributed by atoms with Crippen LogP contribution >= 0.6 is 15.6 Å². The summed E-state index contributed by atoms with van der Waals surface area (Å²) in [5.74, 6) is -3.24. The summed E-state index contributed by atoms with van der Waals surface area (Å²) in [4.78, 5) is 98.9. The van der Waals surface area contributed by atoms with Gasteiger partial charge in [0.15, 0.2) is 0 Å². The summed E-state index contributed by atoms with van der Waals surface area (Å²) >= 11 is 0. The molecular weight excluding hydrogens is 1340 g/mol. The molecule has 580 valence electrons. The van der Waals surface area contributed by atoms with Gasteiger partial charge in [0.1, 0.15) is 18.3 Å². The van der Waals surface area contributed by atoms with Gasteiger partial charge in [-0.1, -0.05) is 233 Å². The molecule has 23 nitrogen and oxygen atoms in total. The number of carbonyl (C=O) groups excluding carboxylic acids is 6. The quantitative estimate of drug-likeness (QED) is 0.00702. The van der Waals surface area contributed by atoms with E-state index in [1.54, 1.807) is 0 Å². The molecule has 0 saturated heterocycles. The Hall–Kier alpha value is -1.18. The zero-order valence-corrected chi connectivity index (χ0v) is 69.5. The number of carbonyl (C=O) groups is 6. The van der Waals surface area contributed by atoms with Crippen molar-refractivity contribution in [3.05, 3.63) is 12.2 Å². The largest absolute Gasteiger partial charge is 1.00 e. The Morgan fingerprint density at radius 3 is 1.20 bits per heavy atom. The molecule has 0 aliphatic rings. The third-order valence-electron chi connectivity index (χ3n) is 16.8. The molecule has 0 aliphatic carbocycles. The van der Waals surface area contributed by atoms with Crippen molar-refractivity contribution >= 4 is 51.0 Å². The third kappa shape index (κ3) is 71.1. The smallest absolute Gasteiger partial charge is 1.00 e. The van der Waals surface area contributed by atoms with E-state index in [0.29, 0.717) is 44.9 Å². The first-order valence-corrected chi connectivity index (χ1v) is 41.5. The molecule has 0 aromatic heterocycles. The van der Waals surface area contributed by atoms with Crippen LogP contribution < -0.4 is 80.4 Å². The van der Waals surface area contributed by atoms with E-state index in [2.05, 4.69) is 68.0 Å². The Bertz CT molecular complexity index is 2120. The van der Waals surface area contributed by atoms with Gasteiger partial charge in [-0.05, 0) is 70.6 Å². The van der Waals surface area contributed by atoms with Gasteiger partial charge in [0.2, 0.25) is 23.6 Å². The molecule has 4 unspecified atom stereocenters. The summed E-state index contributed by atoms with van der Waals surface area (Å²) in [6, 6.07) is -1.91. The van der Waals surface area contributed by atoms with Crippen LogP contribution in [0.15, 0.2) is 12.2 Å². The van der Waals surface area contributed by atoms with Crippen LogP contribution in [0.1, 0.15) is 326 Å². The molecule has 0 bridgehead atoms. The van der Waals surface area contributed by atoms with Crippen LogP contribution in [0.5, 0.6) is 0 Å². The summed E-state index contributed by atoms with van der Waals surface area (Å²) in [5, 5.41) is 31.3. The van der Waals surface area contributed by atoms with Gasteiger partial charge in [-0.25, -0.2) is 9.13 Å². The minimum atomic E-state index is -4.80. The third-order valence-corrected chi connectivity index (χ3v) is 18.8. The van der Waals surface area contributed by atoms with Crippen LogP contribution in [0, 0.1) is 0 Å². The van der Waals surface area contributed by atoms with Crippen molar-refractivity contribution < 1.29 is 152 Å². The van der Waals surface area contributed by atoms with Crippen LogP contribution in [0.25, 0.3) is 0 Å². The number of nitrogens with one attached hydrogen (secondary N) is 4. The molecule has 8 N–H and O–H groups in total. The average Bonchev–Trinajstić information content (AvgIpc) is 0.919. The Labute approximate surface area is 651 Å². The number of unbranched alkanes of at least 4 members (excludes halogenated alkanes) is 29. The molecule has 100 heavy (non-hydrogen) atoms. The molecule has 0 fully saturated rings. The zero-order valence-electron chi connectivity index (χ0n) is 65.7. The predicted octanol–water partition coefficient (Wildman–Crippen LogP) is 9.13. The number of hydrogen-bond donors (Lipinski definition) is 8. The maximum absolute atomic E-state index is 13.7. The number of aliphatic hydroxyl groups excluding tert-OH is 2. The van der Waals surface area contributed by atoms with Crippen molar-refractivity contribution in [1.29, 1.82) is 0 Å². The summed E-state index contributed by atoms with van der Waals surface area (Å²) in [5.41, 5.74) is 0. The van der Waals surface area contributed by atoms with Crippen molar-refractivity contribution in [3.8, 4) is 0 Å². The summed E-state index contributed by atoms with van der Waals surface area (Å²) in [6.07, 6.45) is 41.5. The van der Waals surface area contributed by atoms with Crippen LogP contribution in [0.2, 0.25) is 0 Å². The van der Waals surface area contributed by atoms with Gasteiger partial charge in [-0.3, -0.25) is 46.9 Å². The second-order valence-electron chi connectivity index (χ2n) is 26.5. The SMILES string of the molecule is CCCCCC/C=C/CCCC(=O)O[C@H](CCCCCCCCCCC)CC(=O)NC(COCC[C@H](O)CCCCCCC)COP(=O)(O)OCCNC(=O)CC(=O)NCCOP(=O)(O)OCC(COCC[C@H](O)CCCCCCC)NC(=O)CC(=O)CCCCCCCCCCC.[H-].[H-].[Na+].[Na+]. The minimum Gasteiger partial charge on any atom is -1.00 e. The maximum atomic E-state index is 13.7. The second-order valence-corrected chi connectivity index (χ2v) is 29.4. The number of ether oxygens (including phenoxy) is 3. The van der Waals surface area contributed by atoms with Gasteiger partial charge >= 0.3 is 80.7 Å². The summed E-state index contributed by atoms with van der Waals surface area (Å²) < 4.78 is 64.2. The van der Waals surface area contributed by atoms with E-state index in [4.69, 9.17) is 32.3 Å². The number of allylic oxidation sites excluding steroid dienone is 2. The van der Waals surface area contributed by atoms with E-state index in [1.165, 1.54) is 83.5 Å². The zero-order chi connectivity index (χ0) is 72.4. The number of rotatable bonds is 74. The van der Waals surface area contributed by atoms with Crippen molar-refractivity contribution in [1.82, 2.24) is 21.3 Å². The Morgan fingerprint density at radius 2 is 0.770 bits per heavy atom. The number of phosphoric ester groups is 2.